The van der Waals surface area contributed by atoms with Crippen molar-refractivity contribution in [1.82, 2.24) is 9.97 Å². The van der Waals surface area contributed by atoms with Crippen molar-refractivity contribution in [2.75, 3.05) is 13.2 Å². The summed E-state index contributed by atoms with van der Waals surface area (Å²) >= 11 is 0. The number of ether oxygens (including phenoxy) is 2. The maximum atomic E-state index is 5.79. The van der Waals surface area contributed by atoms with E-state index in [4.69, 9.17) is 9.47 Å². The maximum absolute atomic E-state index is 5.79. The van der Waals surface area contributed by atoms with Crippen molar-refractivity contribution in [2.45, 2.75) is 27.2 Å². The Bertz CT molecular complexity index is 612. The number of hydrogen-bond acceptors (Lipinski definition) is 4. The minimum atomic E-state index is 0.601. The molecule has 1 aromatic heterocycles. The van der Waals surface area contributed by atoms with Gasteiger partial charge >= 0.3 is 0 Å². The topological polar surface area (TPSA) is 44.2 Å². The first-order chi connectivity index (χ1) is 10.7. The molecule has 0 aliphatic heterocycles. The molecule has 0 atom stereocenters. The van der Waals surface area contributed by atoms with E-state index in [1.54, 1.807) is 0 Å². The fraction of sp³-hybridized carbons (Fsp3) is 0.333. The Hall–Kier alpha value is -2.36. The van der Waals surface area contributed by atoms with E-state index in [-0.39, 0.29) is 0 Å². The maximum Gasteiger partial charge on any atom is 0.130 e. The molecule has 2 rings (SSSR count). The highest BCUT2D eigenvalue weighted by atomic mass is 16.5. The van der Waals surface area contributed by atoms with Gasteiger partial charge in [-0.3, -0.25) is 0 Å². The molecular weight excluding hydrogens is 276 g/mol. The number of benzene rings is 1. The molecule has 0 saturated carbocycles. The van der Waals surface area contributed by atoms with Gasteiger partial charge in [-0.1, -0.05) is 6.58 Å². The summed E-state index contributed by atoms with van der Waals surface area (Å²) in [5.41, 5.74) is 4.03. The quantitative estimate of drug-likeness (QED) is 0.777. The number of hydrogen-bond donors (Lipinski definition) is 0. The standard InChI is InChI=1S/C18H22N2O2/c1-5-21-16-8-14(7-15-10-19-12-20-11-15)9-17(22-6-2)18(16)13(3)4/h8-12H,3,5-7H2,1-2,4H3. The molecule has 4 nitrogen and oxygen atoms in total. The fourth-order valence-corrected chi connectivity index (χ4v) is 2.36. The lowest BCUT2D eigenvalue weighted by atomic mass is 10.00. The van der Waals surface area contributed by atoms with E-state index in [1.165, 1.54) is 6.33 Å². The molecule has 2 aromatic rings. The van der Waals surface area contributed by atoms with Gasteiger partial charge in [0.25, 0.3) is 0 Å². The highest BCUT2D eigenvalue weighted by Crippen LogP contribution is 2.36. The van der Waals surface area contributed by atoms with Crippen molar-refractivity contribution in [3.05, 3.63) is 54.1 Å². The zero-order chi connectivity index (χ0) is 15.9. The van der Waals surface area contributed by atoms with Gasteiger partial charge in [0, 0.05) is 18.8 Å². The zero-order valence-electron chi connectivity index (χ0n) is 13.4. The normalized spacial score (nSPS) is 10.3. The van der Waals surface area contributed by atoms with Crippen LogP contribution in [-0.4, -0.2) is 23.2 Å². The second-order valence-electron chi connectivity index (χ2n) is 5.04. The van der Waals surface area contributed by atoms with Gasteiger partial charge in [-0.25, -0.2) is 9.97 Å². The summed E-state index contributed by atoms with van der Waals surface area (Å²) in [6.07, 6.45) is 5.91. The second-order valence-corrected chi connectivity index (χ2v) is 5.04. The van der Waals surface area contributed by atoms with Crippen LogP contribution in [0.15, 0.2) is 37.4 Å². The molecule has 0 aliphatic rings. The summed E-state index contributed by atoms with van der Waals surface area (Å²) in [6, 6.07) is 4.09. The molecule has 1 heterocycles. The van der Waals surface area contributed by atoms with E-state index in [0.717, 1.165) is 40.2 Å². The highest BCUT2D eigenvalue weighted by molar-refractivity contribution is 5.73. The molecule has 116 valence electrons. The van der Waals surface area contributed by atoms with Gasteiger partial charge in [0.15, 0.2) is 0 Å². The van der Waals surface area contributed by atoms with Crippen molar-refractivity contribution in [3.8, 4) is 11.5 Å². The monoisotopic (exact) mass is 298 g/mol. The number of aromatic nitrogens is 2. The molecule has 0 N–H and O–H groups in total. The molecule has 0 radical (unpaired) electrons. The Morgan fingerprint density at radius 2 is 1.55 bits per heavy atom. The fourth-order valence-electron chi connectivity index (χ4n) is 2.36. The summed E-state index contributed by atoms with van der Waals surface area (Å²) in [4.78, 5) is 8.11. The molecule has 1 aromatic carbocycles. The lowest BCUT2D eigenvalue weighted by molar-refractivity contribution is 0.321. The molecule has 0 fully saturated rings. The van der Waals surface area contributed by atoms with Crippen LogP contribution in [0, 0.1) is 0 Å². The molecule has 0 aliphatic carbocycles. The van der Waals surface area contributed by atoms with Crippen molar-refractivity contribution in [1.29, 1.82) is 0 Å². The first-order valence-electron chi connectivity index (χ1n) is 7.48. The first-order valence-corrected chi connectivity index (χ1v) is 7.48. The van der Waals surface area contributed by atoms with Gasteiger partial charge in [0.1, 0.15) is 17.8 Å². The second kappa shape index (κ2) is 7.59. The van der Waals surface area contributed by atoms with Crippen LogP contribution in [0.5, 0.6) is 11.5 Å². The molecule has 22 heavy (non-hydrogen) atoms. The predicted octanol–water partition coefficient (Wildman–Crippen LogP) is 3.90. The van der Waals surface area contributed by atoms with Crippen LogP contribution in [-0.2, 0) is 6.42 Å². The van der Waals surface area contributed by atoms with Gasteiger partial charge < -0.3 is 9.47 Å². The van der Waals surface area contributed by atoms with Gasteiger partial charge in [-0.2, -0.15) is 0 Å². The lowest BCUT2D eigenvalue weighted by Crippen LogP contribution is -2.03. The minimum absolute atomic E-state index is 0.601. The molecule has 0 unspecified atom stereocenters. The lowest BCUT2D eigenvalue weighted by Gasteiger charge is -2.17. The smallest absolute Gasteiger partial charge is 0.130 e. The summed E-state index contributed by atoms with van der Waals surface area (Å²) < 4.78 is 11.6. The van der Waals surface area contributed by atoms with Gasteiger partial charge in [0.05, 0.1) is 18.8 Å². The minimum Gasteiger partial charge on any atom is -0.493 e. The summed E-state index contributed by atoms with van der Waals surface area (Å²) in [7, 11) is 0. The summed E-state index contributed by atoms with van der Waals surface area (Å²) in [5.74, 6) is 1.63. The van der Waals surface area contributed by atoms with E-state index in [1.807, 2.05) is 45.3 Å². The van der Waals surface area contributed by atoms with Crippen LogP contribution in [0.1, 0.15) is 37.5 Å². The average molecular weight is 298 g/mol. The number of rotatable bonds is 7. The Balaban J connectivity index is 2.44. The Morgan fingerprint density at radius 3 is 2.00 bits per heavy atom. The third-order valence-electron chi connectivity index (χ3n) is 3.17. The summed E-state index contributed by atoms with van der Waals surface area (Å²) in [5, 5.41) is 0. The molecule has 4 heteroatoms. The van der Waals surface area contributed by atoms with Crippen LogP contribution < -0.4 is 9.47 Å². The highest BCUT2D eigenvalue weighted by Gasteiger charge is 2.14. The zero-order valence-corrected chi connectivity index (χ0v) is 13.4. The van der Waals surface area contributed by atoms with Crippen molar-refractivity contribution < 1.29 is 9.47 Å². The SMILES string of the molecule is C=C(C)c1c(OCC)cc(Cc2cncnc2)cc1OCC. The van der Waals surface area contributed by atoms with E-state index in [9.17, 15) is 0 Å². The third-order valence-corrected chi connectivity index (χ3v) is 3.17. The Kier molecular flexibility index (Phi) is 5.53. The number of nitrogens with zero attached hydrogens (tertiary/aromatic N) is 2. The van der Waals surface area contributed by atoms with Crippen LogP contribution in [0.3, 0.4) is 0 Å². The Morgan fingerprint density at radius 1 is 1.00 bits per heavy atom. The van der Waals surface area contributed by atoms with Gasteiger partial charge in [-0.15, -0.1) is 0 Å². The molecule has 0 saturated heterocycles. The predicted molar refractivity (Wildman–Crippen MR) is 88.3 cm³/mol. The van der Waals surface area contributed by atoms with E-state index >= 15 is 0 Å². The van der Waals surface area contributed by atoms with Crippen molar-refractivity contribution in [3.63, 3.8) is 0 Å². The van der Waals surface area contributed by atoms with Crippen LogP contribution in [0.4, 0.5) is 0 Å². The molecule has 0 amide bonds. The van der Waals surface area contributed by atoms with Crippen molar-refractivity contribution >= 4 is 5.57 Å². The van der Waals surface area contributed by atoms with E-state index < -0.39 is 0 Å². The van der Waals surface area contributed by atoms with E-state index in [0.29, 0.717) is 13.2 Å². The Labute approximate surface area is 131 Å². The van der Waals surface area contributed by atoms with Crippen LogP contribution in [0.2, 0.25) is 0 Å². The molecule has 0 spiro atoms. The van der Waals surface area contributed by atoms with Crippen LogP contribution >= 0.6 is 0 Å². The largest absolute Gasteiger partial charge is 0.493 e. The average Bonchev–Trinajstić information content (AvgIpc) is 2.48. The first kappa shape index (κ1) is 16.0. The number of allylic oxidation sites excluding steroid dienone is 1. The van der Waals surface area contributed by atoms with Gasteiger partial charge in [0.2, 0.25) is 0 Å². The summed E-state index contributed by atoms with van der Waals surface area (Å²) in [6.45, 7) is 11.2. The van der Waals surface area contributed by atoms with E-state index in [2.05, 4.69) is 16.5 Å². The third kappa shape index (κ3) is 3.85. The molecular formula is C18H22N2O2. The van der Waals surface area contributed by atoms with Gasteiger partial charge in [-0.05, 0) is 49.6 Å². The van der Waals surface area contributed by atoms with Crippen molar-refractivity contribution in [2.24, 2.45) is 0 Å². The van der Waals surface area contributed by atoms with Crippen LogP contribution in [0.25, 0.3) is 5.57 Å². The molecule has 0 bridgehead atoms.